The molecule has 12 heteroatoms. The maximum Gasteiger partial charge on any atom is 0.338 e. The standard InChI is InChI=1S/C25H24ClFN4O5S/c1-35-24(34)19-15(9-31-16-7-12(8-18(32)33)25(16)11-36-10-17(25)31)29-22(23-28-5-6-37-23)30-21(19)13-3-2-4-14(27)20(13)26/h2-6,12,16-17,21H,7-11H2,1H3,(H,29,30)(H,32,33). The van der Waals surface area contributed by atoms with Gasteiger partial charge in [-0.2, -0.15) is 0 Å². The van der Waals surface area contributed by atoms with Crippen molar-refractivity contribution in [1.82, 2.24) is 15.2 Å². The highest BCUT2D eigenvalue weighted by Crippen LogP contribution is 2.65. The first kappa shape index (κ1) is 24.5. The first-order valence-electron chi connectivity index (χ1n) is 11.9. The number of nitrogens with zero attached hydrogens (tertiary/aromatic N) is 3. The predicted octanol–water partition coefficient (Wildman–Crippen LogP) is 3.02. The van der Waals surface area contributed by atoms with Crippen LogP contribution in [0.15, 0.2) is 46.0 Å². The van der Waals surface area contributed by atoms with Gasteiger partial charge in [-0.05, 0) is 18.4 Å². The van der Waals surface area contributed by atoms with Crippen LogP contribution in [0.3, 0.4) is 0 Å². The summed E-state index contributed by atoms with van der Waals surface area (Å²) in [4.78, 5) is 35.9. The predicted molar refractivity (Wildman–Crippen MR) is 133 cm³/mol. The highest BCUT2D eigenvalue weighted by molar-refractivity contribution is 7.11. The fraction of sp³-hybridized carbons (Fsp3) is 0.440. The van der Waals surface area contributed by atoms with E-state index in [1.807, 2.05) is 5.38 Å². The number of ether oxygens (including phenoxy) is 2. The van der Waals surface area contributed by atoms with Gasteiger partial charge in [-0.1, -0.05) is 23.7 Å². The van der Waals surface area contributed by atoms with Gasteiger partial charge in [0.25, 0.3) is 0 Å². The Bertz CT molecular complexity index is 1330. The van der Waals surface area contributed by atoms with E-state index in [9.17, 15) is 19.1 Å². The number of aliphatic imine (C=N–C) groups is 1. The molecule has 3 fully saturated rings. The van der Waals surface area contributed by atoms with E-state index in [1.165, 1.54) is 30.6 Å². The molecule has 1 aromatic carbocycles. The smallest absolute Gasteiger partial charge is 0.338 e. The molecular formula is C25H24ClFN4O5S. The van der Waals surface area contributed by atoms with Gasteiger partial charge in [-0.3, -0.25) is 14.7 Å². The zero-order valence-electron chi connectivity index (χ0n) is 19.8. The fourth-order valence-electron chi connectivity index (χ4n) is 6.47. The van der Waals surface area contributed by atoms with Crippen molar-refractivity contribution >= 4 is 40.7 Å². The van der Waals surface area contributed by atoms with Crippen LogP contribution >= 0.6 is 22.9 Å². The Balaban J connectivity index is 1.39. The number of hydrogen-bond donors (Lipinski definition) is 2. The normalized spacial score (nSPS) is 30.4. The number of hydrogen-bond acceptors (Lipinski definition) is 9. The zero-order chi connectivity index (χ0) is 25.9. The molecule has 194 valence electrons. The minimum absolute atomic E-state index is 0.0437. The number of amidine groups is 1. The first-order chi connectivity index (χ1) is 17.8. The molecule has 4 heterocycles. The molecule has 2 aromatic rings. The van der Waals surface area contributed by atoms with Crippen LogP contribution in [0.1, 0.15) is 29.5 Å². The summed E-state index contributed by atoms with van der Waals surface area (Å²) >= 11 is 7.74. The quantitative estimate of drug-likeness (QED) is 0.510. The van der Waals surface area contributed by atoms with E-state index in [0.717, 1.165) is 6.42 Å². The number of benzene rings is 1. The van der Waals surface area contributed by atoms with Crippen LogP contribution in [0.2, 0.25) is 5.02 Å². The van der Waals surface area contributed by atoms with E-state index in [1.54, 1.807) is 12.3 Å². The highest BCUT2D eigenvalue weighted by atomic mass is 35.5. The maximum atomic E-state index is 14.5. The minimum atomic E-state index is -0.905. The van der Waals surface area contributed by atoms with Crippen molar-refractivity contribution in [3.05, 3.63) is 62.5 Å². The van der Waals surface area contributed by atoms with Gasteiger partial charge < -0.3 is 19.9 Å². The van der Waals surface area contributed by atoms with Crippen LogP contribution in [-0.4, -0.2) is 71.7 Å². The topological polar surface area (TPSA) is 113 Å². The number of esters is 1. The lowest BCUT2D eigenvalue weighted by molar-refractivity contribution is -0.222. The Morgan fingerprint density at radius 1 is 1.41 bits per heavy atom. The number of methoxy groups -OCH3 is 1. The average molecular weight is 547 g/mol. The number of likely N-dealkylation sites (tertiary alicyclic amines) is 1. The van der Waals surface area contributed by atoms with Crippen molar-refractivity contribution < 1.29 is 28.6 Å². The van der Waals surface area contributed by atoms with E-state index < -0.39 is 23.8 Å². The summed E-state index contributed by atoms with van der Waals surface area (Å²) in [6, 6.07) is 3.72. The van der Waals surface area contributed by atoms with Gasteiger partial charge in [0.1, 0.15) is 11.9 Å². The van der Waals surface area contributed by atoms with Crippen LogP contribution in [0.5, 0.6) is 0 Å². The molecule has 2 N–H and O–H groups in total. The zero-order valence-corrected chi connectivity index (χ0v) is 21.4. The van der Waals surface area contributed by atoms with Crippen molar-refractivity contribution in [3.8, 4) is 0 Å². The maximum absolute atomic E-state index is 14.5. The Morgan fingerprint density at radius 2 is 2.24 bits per heavy atom. The number of halogens is 2. The SMILES string of the molecule is COC(=O)C1=C(CN2C3COCC34C(CC(=O)O)CC24)NC(c2nccs2)=NC1c1cccc(F)c1Cl. The fourth-order valence-corrected chi connectivity index (χ4v) is 7.29. The van der Waals surface area contributed by atoms with Crippen molar-refractivity contribution in [2.24, 2.45) is 16.3 Å². The van der Waals surface area contributed by atoms with Gasteiger partial charge in [0.15, 0.2) is 10.8 Å². The summed E-state index contributed by atoms with van der Waals surface area (Å²) in [5, 5.41) is 15.0. The molecule has 1 spiro atoms. The molecule has 4 aliphatic rings. The number of piperidine rings is 1. The summed E-state index contributed by atoms with van der Waals surface area (Å²) in [6.07, 6.45) is 2.53. The largest absolute Gasteiger partial charge is 0.481 e. The highest BCUT2D eigenvalue weighted by Gasteiger charge is 2.73. The number of aromatic nitrogens is 1. The van der Waals surface area contributed by atoms with E-state index in [4.69, 9.17) is 26.1 Å². The Morgan fingerprint density at radius 3 is 2.97 bits per heavy atom. The molecule has 1 saturated carbocycles. The van der Waals surface area contributed by atoms with Crippen LogP contribution < -0.4 is 5.32 Å². The third-order valence-electron chi connectivity index (χ3n) is 8.14. The summed E-state index contributed by atoms with van der Waals surface area (Å²) in [7, 11) is 1.29. The molecule has 0 bridgehead atoms. The number of carboxylic acids is 1. The molecule has 9 nitrogen and oxygen atoms in total. The van der Waals surface area contributed by atoms with E-state index >= 15 is 0 Å². The third-order valence-corrected chi connectivity index (χ3v) is 9.32. The van der Waals surface area contributed by atoms with E-state index in [-0.39, 0.29) is 40.4 Å². The monoisotopic (exact) mass is 546 g/mol. The van der Waals surface area contributed by atoms with Crippen LogP contribution in [0.25, 0.3) is 0 Å². The van der Waals surface area contributed by atoms with Crippen molar-refractivity contribution in [1.29, 1.82) is 0 Å². The summed E-state index contributed by atoms with van der Waals surface area (Å²) in [6.45, 7) is 1.40. The Kier molecular flexibility index (Phi) is 6.06. The molecule has 37 heavy (non-hydrogen) atoms. The van der Waals surface area contributed by atoms with Crippen LogP contribution in [0.4, 0.5) is 4.39 Å². The lowest BCUT2D eigenvalue weighted by Gasteiger charge is -2.71. The minimum Gasteiger partial charge on any atom is -0.481 e. The molecule has 3 aliphatic heterocycles. The molecule has 5 atom stereocenters. The number of carbonyl (C=O) groups excluding carboxylic acids is 1. The number of carboxylic acid groups (broad SMARTS) is 1. The van der Waals surface area contributed by atoms with Gasteiger partial charge in [-0.15, -0.1) is 11.3 Å². The van der Waals surface area contributed by atoms with Crippen molar-refractivity contribution in [3.63, 3.8) is 0 Å². The molecule has 2 saturated heterocycles. The van der Waals surface area contributed by atoms with Gasteiger partial charge in [-0.25, -0.2) is 14.2 Å². The molecule has 0 radical (unpaired) electrons. The Labute approximate surface area is 220 Å². The second-order valence-electron chi connectivity index (χ2n) is 9.73. The van der Waals surface area contributed by atoms with Crippen molar-refractivity contribution in [2.75, 3.05) is 26.9 Å². The van der Waals surface area contributed by atoms with Gasteiger partial charge in [0, 0.05) is 53.3 Å². The first-order valence-corrected chi connectivity index (χ1v) is 13.2. The number of nitrogens with one attached hydrogen (secondary N) is 1. The van der Waals surface area contributed by atoms with Gasteiger partial charge in [0.2, 0.25) is 0 Å². The number of rotatable bonds is 7. The van der Waals surface area contributed by atoms with Crippen LogP contribution in [-0.2, 0) is 19.1 Å². The summed E-state index contributed by atoms with van der Waals surface area (Å²) in [5.41, 5.74) is 0.992. The van der Waals surface area contributed by atoms with Crippen LogP contribution in [0, 0.1) is 17.2 Å². The molecule has 5 unspecified atom stereocenters. The van der Waals surface area contributed by atoms with Gasteiger partial charge >= 0.3 is 11.9 Å². The summed E-state index contributed by atoms with van der Waals surface area (Å²) in [5.74, 6) is -1.48. The Hall–Kier alpha value is -2.86. The molecule has 6 rings (SSSR count). The molecule has 0 amide bonds. The lowest BCUT2D eigenvalue weighted by Crippen LogP contribution is -2.80. The molecule has 1 aliphatic carbocycles. The lowest BCUT2D eigenvalue weighted by atomic mass is 9.46. The number of carbonyl (C=O) groups is 2. The molecular weight excluding hydrogens is 523 g/mol. The number of thiazole rings is 1. The molecule has 1 aromatic heterocycles. The number of aliphatic carboxylic acids is 1. The average Bonchev–Trinajstić information content (AvgIpc) is 3.56. The second kappa shape index (κ2) is 9.16. The van der Waals surface area contributed by atoms with E-state index in [2.05, 4.69) is 15.2 Å². The van der Waals surface area contributed by atoms with E-state index in [0.29, 0.717) is 41.9 Å². The van der Waals surface area contributed by atoms with Gasteiger partial charge in [0.05, 0.1) is 30.9 Å². The third kappa shape index (κ3) is 3.70. The van der Waals surface area contributed by atoms with Crippen molar-refractivity contribution in [2.45, 2.75) is 31.0 Å². The summed E-state index contributed by atoms with van der Waals surface area (Å²) < 4.78 is 25.4. The second-order valence-corrected chi connectivity index (χ2v) is 11.0.